The average molecular weight is 373 g/mol. The molecule has 1 saturated heterocycles. The van der Waals surface area contributed by atoms with Crippen molar-refractivity contribution >= 4 is 27.8 Å². The van der Waals surface area contributed by atoms with E-state index in [0.29, 0.717) is 24.4 Å². The zero-order valence-corrected chi connectivity index (χ0v) is 15.2. The van der Waals surface area contributed by atoms with Gasteiger partial charge in [-0.3, -0.25) is 9.78 Å². The molecule has 0 aliphatic carbocycles. The van der Waals surface area contributed by atoms with E-state index in [9.17, 15) is 4.79 Å². The van der Waals surface area contributed by atoms with Crippen LogP contribution in [0.25, 0.3) is 21.9 Å². The van der Waals surface area contributed by atoms with Crippen molar-refractivity contribution in [3.05, 3.63) is 66.5 Å². The second-order valence-corrected chi connectivity index (χ2v) is 7.00. The molecule has 0 N–H and O–H groups in total. The summed E-state index contributed by atoms with van der Waals surface area (Å²) < 4.78 is 11.5. The first-order valence-electron chi connectivity index (χ1n) is 9.39. The maximum atomic E-state index is 12.7. The lowest BCUT2D eigenvalue weighted by Crippen LogP contribution is -2.32. The van der Waals surface area contributed by atoms with Crippen molar-refractivity contribution < 1.29 is 14.1 Å². The molecule has 28 heavy (non-hydrogen) atoms. The van der Waals surface area contributed by atoms with Crippen LogP contribution in [0.1, 0.15) is 12.1 Å². The SMILES string of the molecule is O=C(Cc1noc2ccccc12)N1CCC(Oc2cccc3cccnc23)C1. The molecule has 1 aliphatic rings. The van der Waals surface area contributed by atoms with E-state index in [4.69, 9.17) is 9.26 Å². The van der Waals surface area contributed by atoms with Crippen LogP contribution in [-0.4, -0.2) is 40.1 Å². The van der Waals surface area contributed by atoms with Crippen molar-refractivity contribution in [1.82, 2.24) is 15.0 Å². The molecule has 1 amide bonds. The van der Waals surface area contributed by atoms with Crippen molar-refractivity contribution in [2.24, 2.45) is 0 Å². The van der Waals surface area contributed by atoms with Crippen LogP contribution in [0, 0.1) is 0 Å². The molecular formula is C22H19N3O3. The van der Waals surface area contributed by atoms with Gasteiger partial charge < -0.3 is 14.2 Å². The van der Waals surface area contributed by atoms with E-state index in [0.717, 1.165) is 28.5 Å². The Hall–Kier alpha value is -3.41. The van der Waals surface area contributed by atoms with Crippen molar-refractivity contribution in [3.63, 3.8) is 0 Å². The number of nitrogens with zero attached hydrogens (tertiary/aromatic N) is 3. The lowest BCUT2D eigenvalue weighted by atomic mass is 10.1. The third-order valence-electron chi connectivity index (χ3n) is 5.16. The number of likely N-dealkylation sites (tertiary alicyclic amines) is 1. The fourth-order valence-electron chi connectivity index (χ4n) is 3.72. The summed E-state index contributed by atoms with van der Waals surface area (Å²) >= 11 is 0. The number of pyridine rings is 1. The molecule has 6 nitrogen and oxygen atoms in total. The van der Waals surface area contributed by atoms with Gasteiger partial charge in [0.2, 0.25) is 5.91 Å². The highest BCUT2D eigenvalue weighted by atomic mass is 16.5. The molecule has 1 aliphatic heterocycles. The molecule has 0 saturated carbocycles. The lowest BCUT2D eigenvalue weighted by molar-refractivity contribution is -0.129. The summed E-state index contributed by atoms with van der Waals surface area (Å²) in [7, 11) is 0. The minimum atomic E-state index is -0.0365. The number of hydrogen-bond donors (Lipinski definition) is 0. The number of aromatic nitrogens is 2. The number of carbonyl (C=O) groups is 1. The number of hydrogen-bond acceptors (Lipinski definition) is 5. The first-order chi connectivity index (χ1) is 13.8. The topological polar surface area (TPSA) is 68.5 Å². The second kappa shape index (κ2) is 6.96. The maximum absolute atomic E-state index is 12.7. The first-order valence-corrected chi connectivity index (χ1v) is 9.39. The molecule has 0 radical (unpaired) electrons. The van der Waals surface area contributed by atoms with Gasteiger partial charge in [0.25, 0.3) is 0 Å². The highest BCUT2D eigenvalue weighted by molar-refractivity contribution is 5.86. The lowest BCUT2D eigenvalue weighted by Gasteiger charge is -2.17. The Bertz CT molecular complexity index is 1150. The molecular weight excluding hydrogens is 354 g/mol. The van der Waals surface area contributed by atoms with Crippen LogP contribution in [0.4, 0.5) is 0 Å². The van der Waals surface area contributed by atoms with E-state index in [-0.39, 0.29) is 18.4 Å². The summed E-state index contributed by atoms with van der Waals surface area (Å²) in [6.45, 7) is 1.25. The van der Waals surface area contributed by atoms with Crippen LogP contribution in [0.15, 0.2) is 65.3 Å². The van der Waals surface area contributed by atoms with Crippen molar-refractivity contribution in [3.8, 4) is 5.75 Å². The Labute approximate surface area is 161 Å². The first kappa shape index (κ1) is 16.7. The highest BCUT2D eigenvalue weighted by Crippen LogP contribution is 2.26. The monoisotopic (exact) mass is 373 g/mol. The van der Waals surface area contributed by atoms with Crippen molar-refractivity contribution in [2.45, 2.75) is 18.9 Å². The number of ether oxygens (including phenoxy) is 1. The average Bonchev–Trinajstić information content (AvgIpc) is 3.36. The number of fused-ring (bicyclic) bond motifs is 2. The Morgan fingerprint density at radius 1 is 1.14 bits per heavy atom. The fraction of sp³-hybridized carbons (Fsp3) is 0.227. The second-order valence-electron chi connectivity index (χ2n) is 7.00. The van der Waals surface area contributed by atoms with Gasteiger partial charge in [-0.2, -0.15) is 0 Å². The van der Waals surface area contributed by atoms with E-state index in [1.807, 2.05) is 59.5 Å². The quantitative estimate of drug-likeness (QED) is 0.547. The normalized spacial score (nSPS) is 16.7. The molecule has 140 valence electrons. The van der Waals surface area contributed by atoms with Gasteiger partial charge in [0.15, 0.2) is 5.58 Å². The van der Waals surface area contributed by atoms with E-state index < -0.39 is 0 Å². The third kappa shape index (κ3) is 3.07. The number of benzene rings is 2. The molecule has 0 spiro atoms. The molecule has 1 fully saturated rings. The minimum Gasteiger partial charge on any atom is -0.486 e. The Kier molecular flexibility index (Phi) is 4.16. The number of carbonyl (C=O) groups excluding carboxylic acids is 1. The Morgan fingerprint density at radius 3 is 3.00 bits per heavy atom. The van der Waals surface area contributed by atoms with E-state index in [1.165, 1.54) is 0 Å². The zero-order valence-electron chi connectivity index (χ0n) is 15.2. The Balaban J connectivity index is 1.27. The van der Waals surface area contributed by atoms with Crippen LogP contribution < -0.4 is 4.74 Å². The number of para-hydroxylation sites is 2. The summed E-state index contributed by atoms with van der Waals surface area (Å²) in [6.07, 6.45) is 2.77. The molecule has 2 aromatic heterocycles. The van der Waals surface area contributed by atoms with E-state index >= 15 is 0 Å². The van der Waals surface area contributed by atoms with Gasteiger partial charge in [0.05, 0.1) is 13.0 Å². The van der Waals surface area contributed by atoms with E-state index in [2.05, 4.69) is 10.1 Å². The predicted octanol–water partition coefficient (Wildman–Crippen LogP) is 3.60. The summed E-state index contributed by atoms with van der Waals surface area (Å²) in [5, 5.41) is 6.00. The molecule has 6 heteroatoms. The number of amides is 1. The molecule has 4 aromatic rings. The van der Waals surface area contributed by atoms with Gasteiger partial charge in [-0.05, 0) is 24.3 Å². The Morgan fingerprint density at radius 2 is 2.04 bits per heavy atom. The van der Waals surface area contributed by atoms with Crippen LogP contribution in [0.3, 0.4) is 0 Å². The van der Waals surface area contributed by atoms with Gasteiger partial charge in [0, 0.05) is 29.9 Å². The fourth-order valence-corrected chi connectivity index (χ4v) is 3.72. The van der Waals surface area contributed by atoms with E-state index in [1.54, 1.807) is 6.20 Å². The molecule has 2 aromatic carbocycles. The predicted molar refractivity (Wildman–Crippen MR) is 105 cm³/mol. The third-order valence-corrected chi connectivity index (χ3v) is 5.16. The molecule has 5 rings (SSSR count). The van der Waals surface area contributed by atoms with Crippen molar-refractivity contribution in [1.29, 1.82) is 0 Å². The van der Waals surface area contributed by atoms with Gasteiger partial charge in [-0.1, -0.05) is 35.5 Å². The van der Waals surface area contributed by atoms with Crippen LogP contribution >= 0.6 is 0 Å². The molecule has 0 bridgehead atoms. The standard InChI is InChI=1S/C22H19N3O3/c26-21(13-18-17-7-1-2-8-19(17)28-24-18)25-12-10-16(14-25)27-20-9-3-5-15-6-4-11-23-22(15)20/h1-9,11,16H,10,12-14H2. The molecule has 1 atom stereocenters. The summed E-state index contributed by atoms with van der Waals surface area (Å²) in [5.41, 5.74) is 2.24. The highest BCUT2D eigenvalue weighted by Gasteiger charge is 2.29. The van der Waals surface area contributed by atoms with Gasteiger partial charge in [-0.25, -0.2) is 0 Å². The largest absolute Gasteiger partial charge is 0.486 e. The van der Waals surface area contributed by atoms with Crippen LogP contribution in [0.2, 0.25) is 0 Å². The van der Waals surface area contributed by atoms with Crippen LogP contribution in [-0.2, 0) is 11.2 Å². The zero-order chi connectivity index (χ0) is 18.9. The van der Waals surface area contributed by atoms with Crippen LogP contribution in [0.5, 0.6) is 5.75 Å². The minimum absolute atomic E-state index is 0.0365. The molecule has 3 heterocycles. The number of rotatable bonds is 4. The maximum Gasteiger partial charge on any atom is 0.228 e. The van der Waals surface area contributed by atoms with Gasteiger partial charge in [-0.15, -0.1) is 0 Å². The summed E-state index contributed by atoms with van der Waals surface area (Å²) in [5.74, 6) is 0.807. The summed E-state index contributed by atoms with van der Waals surface area (Å²) in [4.78, 5) is 19.0. The van der Waals surface area contributed by atoms with Gasteiger partial charge >= 0.3 is 0 Å². The molecule has 1 unspecified atom stereocenters. The van der Waals surface area contributed by atoms with Crippen molar-refractivity contribution in [2.75, 3.05) is 13.1 Å². The van der Waals surface area contributed by atoms with Gasteiger partial charge in [0.1, 0.15) is 23.1 Å². The smallest absolute Gasteiger partial charge is 0.228 e. The summed E-state index contributed by atoms with van der Waals surface area (Å²) in [6, 6.07) is 17.4.